The molecule has 0 aromatic heterocycles. The molecule has 0 fully saturated rings. The second kappa shape index (κ2) is 8.18. The molecule has 3 aromatic carbocycles. The first-order valence-electron chi connectivity index (χ1n) is 8.16. The third-order valence-corrected chi connectivity index (χ3v) is 3.62. The summed E-state index contributed by atoms with van der Waals surface area (Å²) in [7, 11) is 0. The quantitative estimate of drug-likeness (QED) is 0.514. The molecule has 0 radical (unpaired) electrons. The van der Waals surface area contributed by atoms with Crippen molar-refractivity contribution < 1.29 is 24.5 Å². The number of hydrogen-bond donors (Lipinski definition) is 4. The van der Waals surface area contributed by atoms with E-state index in [0.717, 1.165) is 18.2 Å². The van der Waals surface area contributed by atoms with E-state index in [1.54, 1.807) is 30.3 Å². The van der Waals surface area contributed by atoms with Crippen LogP contribution in [-0.2, 0) is 0 Å². The van der Waals surface area contributed by atoms with Gasteiger partial charge in [-0.05, 0) is 29.7 Å². The van der Waals surface area contributed by atoms with Crippen molar-refractivity contribution in [1.29, 1.82) is 0 Å². The van der Waals surface area contributed by atoms with Crippen molar-refractivity contribution in [2.45, 2.75) is 13.8 Å². The monoisotopic (exact) mass is 371 g/mol. The van der Waals surface area contributed by atoms with E-state index in [2.05, 4.69) is 5.32 Å². The van der Waals surface area contributed by atoms with Gasteiger partial charge in [-0.15, -0.1) is 0 Å². The normalized spacial score (nSPS) is 10.0. The molecule has 3 rings (SSSR count). The van der Waals surface area contributed by atoms with Crippen molar-refractivity contribution in [1.82, 2.24) is 0 Å². The molecule has 7 heteroatoms. The largest absolute Gasteiger partial charge is 0.504 e. The number of hydrogen-bond acceptors (Lipinski definition) is 5. The van der Waals surface area contributed by atoms with Gasteiger partial charge >= 0.3 is 0 Å². The molecule has 0 saturated carbocycles. The summed E-state index contributed by atoms with van der Waals surface area (Å²) in [5.74, 6) is -4.79. The van der Waals surface area contributed by atoms with Gasteiger partial charge in [-0.2, -0.15) is 0 Å². The summed E-state index contributed by atoms with van der Waals surface area (Å²) >= 11 is 0. The number of carbonyl (C=O) groups is 1. The van der Waals surface area contributed by atoms with Crippen molar-refractivity contribution in [3.63, 3.8) is 0 Å². The van der Waals surface area contributed by atoms with Crippen LogP contribution in [0.1, 0.15) is 24.2 Å². The Morgan fingerprint density at radius 3 is 2.19 bits per heavy atom. The Hall–Kier alpha value is -3.61. The molecule has 0 heterocycles. The molecule has 4 N–H and O–H groups in total. The Balaban J connectivity index is 0.00000126. The lowest BCUT2D eigenvalue weighted by atomic mass is 10.1. The molecule has 0 bridgehead atoms. The van der Waals surface area contributed by atoms with E-state index in [0.29, 0.717) is 5.69 Å². The number of carbonyl (C=O) groups excluding carboxylic acids is 1. The number of benzene rings is 2. The van der Waals surface area contributed by atoms with E-state index in [4.69, 9.17) is 0 Å². The molecular formula is C20H18FNO5. The van der Waals surface area contributed by atoms with Gasteiger partial charge in [-0.1, -0.05) is 32.0 Å². The zero-order valence-corrected chi connectivity index (χ0v) is 14.7. The summed E-state index contributed by atoms with van der Waals surface area (Å²) in [5.41, 5.74) is -0.634. The third-order valence-electron chi connectivity index (χ3n) is 3.62. The first kappa shape index (κ1) is 19.7. The lowest BCUT2D eigenvalue weighted by Crippen LogP contribution is -2.12. The Morgan fingerprint density at radius 1 is 0.926 bits per heavy atom. The molecule has 0 aliphatic carbocycles. The van der Waals surface area contributed by atoms with Crippen LogP contribution in [0.5, 0.6) is 17.2 Å². The van der Waals surface area contributed by atoms with Crippen molar-refractivity contribution >= 4 is 22.4 Å². The lowest BCUT2D eigenvalue weighted by molar-refractivity contribution is 0.102. The molecule has 0 saturated heterocycles. The first-order valence-corrected chi connectivity index (χ1v) is 8.16. The van der Waals surface area contributed by atoms with Gasteiger partial charge in [-0.3, -0.25) is 9.59 Å². The Morgan fingerprint density at radius 2 is 1.56 bits per heavy atom. The topological polar surface area (TPSA) is 107 Å². The number of phenols is 2. The number of phenolic OH excluding ortho intramolecular Hbond substituents is 2. The Kier molecular flexibility index (Phi) is 5.97. The fourth-order valence-electron chi connectivity index (χ4n) is 2.41. The molecule has 0 spiro atoms. The van der Waals surface area contributed by atoms with Crippen LogP contribution >= 0.6 is 0 Å². The standard InChI is InChI=1S/C18H12FNO5.C2H6/c19-12-7-9-6-10(18(25)20-11-4-2-1-3-5-11)8-13(21)16(23)14(9)17(24)15(12)22;1-2/h1-8,22,24H,(H,20,25)(H,21,23);1-2H3. The van der Waals surface area contributed by atoms with Crippen molar-refractivity contribution in [2.75, 3.05) is 5.32 Å². The predicted molar refractivity (Wildman–Crippen MR) is 101 cm³/mol. The number of nitrogens with one attached hydrogen (secondary N) is 1. The summed E-state index contributed by atoms with van der Waals surface area (Å²) in [6, 6.07) is 11.3. The van der Waals surface area contributed by atoms with E-state index in [-0.39, 0.29) is 10.9 Å². The molecule has 0 aliphatic heterocycles. The number of para-hydroxylation sites is 1. The second-order valence-corrected chi connectivity index (χ2v) is 5.30. The van der Waals surface area contributed by atoms with Crippen LogP contribution in [0.25, 0.3) is 10.8 Å². The maximum Gasteiger partial charge on any atom is 0.255 e. The van der Waals surface area contributed by atoms with Crippen LogP contribution in [0.15, 0.2) is 53.3 Å². The molecular weight excluding hydrogens is 353 g/mol. The maximum absolute atomic E-state index is 13.7. The second-order valence-electron chi connectivity index (χ2n) is 5.30. The third kappa shape index (κ3) is 3.98. The average Bonchev–Trinajstić information content (AvgIpc) is 2.79. The number of aromatic hydroxyl groups is 3. The predicted octanol–water partition coefficient (Wildman–Crippen LogP) is 3.73. The van der Waals surface area contributed by atoms with Crippen LogP contribution in [0.4, 0.5) is 10.1 Å². The van der Waals surface area contributed by atoms with Gasteiger partial charge in [0, 0.05) is 17.3 Å². The highest BCUT2D eigenvalue weighted by Crippen LogP contribution is 2.39. The lowest BCUT2D eigenvalue weighted by Gasteiger charge is -2.04. The van der Waals surface area contributed by atoms with Crippen molar-refractivity contribution in [3.8, 4) is 17.2 Å². The van der Waals surface area contributed by atoms with E-state index in [1.807, 2.05) is 13.8 Å². The molecule has 0 atom stereocenters. The van der Waals surface area contributed by atoms with Crippen LogP contribution in [0, 0.1) is 5.82 Å². The summed E-state index contributed by atoms with van der Waals surface area (Å²) in [4.78, 5) is 24.4. The van der Waals surface area contributed by atoms with Gasteiger partial charge in [0.25, 0.3) is 5.91 Å². The Labute approximate surface area is 154 Å². The number of rotatable bonds is 2. The zero-order valence-electron chi connectivity index (χ0n) is 14.7. The minimum Gasteiger partial charge on any atom is -0.504 e. The zero-order chi connectivity index (χ0) is 20.1. The molecule has 27 heavy (non-hydrogen) atoms. The summed E-state index contributed by atoms with van der Waals surface area (Å²) in [6.07, 6.45) is 0. The Bertz CT molecular complexity index is 1050. The van der Waals surface area contributed by atoms with E-state index in [1.165, 1.54) is 0 Å². The number of halogens is 1. The SMILES string of the molecule is CC.O=C(Nc1ccccc1)c1cc(=O)c(O)c2c(O)c(O)c(F)cc2c1. The minimum absolute atomic E-state index is 0.120. The van der Waals surface area contributed by atoms with Crippen molar-refractivity contribution in [3.05, 3.63) is 70.1 Å². The van der Waals surface area contributed by atoms with E-state index < -0.39 is 39.8 Å². The van der Waals surface area contributed by atoms with Crippen molar-refractivity contribution in [2.24, 2.45) is 0 Å². The van der Waals surface area contributed by atoms with Gasteiger partial charge in [0.05, 0.1) is 5.39 Å². The van der Waals surface area contributed by atoms with Gasteiger partial charge in [0.2, 0.25) is 5.43 Å². The number of amides is 1. The van der Waals surface area contributed by atoms with Gasteiger partial charge < -0.3 is 20.6 Å². The van der Waals surface area contributed by atoms with Crippen LogP contribution in [0.2, 0.25) is 0 Å². The average molecular weight is 371 g/mol. The van der Waals surface area contributed by atoms with E-state index >= 15 is 0 Å². The minimum atomic E-state index is -1.16. The highest BCUT2D eigenvalue weighted by molar-refractivity contribution is 6.07. The number of fused-ring (bicyclic) bond motifs is 1. The van der Waals surface area contributed by atoms with Gasteiger partial charge in [0.15, 0.2) is 23.1 Å². The molecule has 0 unspecified atom stereocenters. The molecule has 140 valence electrons. The number of anilines is 1. The molecule has 1 amide bonds. The highest BCUT2D eigenvalue weighted by Gasteiger charge is 2.18. The van der Waals surface area contributed by atoms with Crippen LogP contribution in [-0.4, -0.2) is 21.2 Å². The summed E-state index contributed by atoms with van der Waals surface area (Å²) < 4.78 is 13.7. The van der Waals surface area contributed by atoms with Crippen LogP contribution in [0.3, 0.4) is 0 Å². The van der Waals surface area contributed by atoms with Crippen LogP contribution < -0.4 is 10.7 Å². The summed E-state index contributed by atoms with van der Waals surface area (Å²) in [5, 5.41) is 31.3. The smallest absolute Gasteiger partial charge is 0.255 e. The fraction of sp³-hybridized carbons (Fsp3) is 0.100. The summed E-state index contributed by atoms with van der Waals surface area (Å²) in [6.45, 7) is 4.00. The fourth-order valence-corrected chi connectivity index (χ4v) is 2.41. The molecule has 0 aliphatic rings. The molecule has 6 nitrogen and oxygen atoms in total. The van der Waals surface area contributed by atoms with Gasteiger partial charge in [-0.25, -0.2) is 4.39 Å². The maximum atomic E-state index is 13.7. The van der Waals surface area contributed by atoms with Gasteiger partial charge in [0.1, 0.15) is 0 Å². The highest BCUT2D eigenvalue weighted by atomic mass is 19.1. The van der Waals surface area contributed by atoms with E-state index in [9.17, 15) is 29.3 Å². The first-order chi connectivity index (χ1) is 12.9. The molecule has 3 aromatic rings.